The molecule has 0 radical (unpaired) electrons. The second-order valence-electron chi connectivity index (χ2n) is 7.19. The summed E-state index contributed by atoms with van der Waals surface area (Å²) < 4.78 is 26.6. The van der Waals surface area contributed by atoms with Crippen molar-refractivity contribution in [3.63, 3.8) is 0 Å². The molecule has 1 heterocycles. The van der Waals surface area contributed by atoms with E-state index in [1.165, 1.54) is 31.7 Å². The van der Waals surface area contributed by atoms with E-state index in [2.05, 4.69) is 16.5 Å². The SMILES string of the molecule is C=CC[C@H]1CC[C@H](CCc2c(Cl)nc(-c3ccc(F)c(F)c3)nc2Cl)CC1. The zero-order valence-electron chi connectivity index (χ0n) is 15.0. The van der Waals surface area contributed by atoms with E-state index < -0.39 is 11.6 Å². The summed E-state index contributed by atoms with van der Waals surface area (Å²) in [7, 11) is 0. The molecule has 0 spiro atoms. The quantitative estimate of drug-likeness (QED) is 0.376. The Morgan fingerprint density at radius 2 is 1.63 bits per heavy atom. The van der Waals surface area contributed by atoms with E-state index >= 15 is 0 Å². The molecular weight excluding hydrogens is 389 g/mol. The lowest BCUT2D eigenvalue weighted by Gasteiger charge is -2.28. The number of rotatable bonds is 6. The van der Waals surface area contributed by atoms with Crippen molar-refractivity contribution in [3.05, 3.63) is 58.4 Å². The third kappa shape index (κ3) is 5.05. The van der Waals surface area contributed by atoms with E-state index in [4.69, 9.17) is 23.2 Å². The lowest BCUT2D eigenvalue weighted by Crippen LogP contribution is -2.15. The molecule has 1 fully saturated rings. The molecule has 0 aliphatic heterocycles. The van der Waals surface area contributed by atoms with Crippen LogP contribution in [-0.4, -0.2) is 9.97 Å². The molecule has 1 saturated carbocycles. The Kier molecular flexibility index (Phi) is 6.83. The Morgan fingerprint density at radius 1 is 1.00 bits per heavy atom. The maximum absolute atomic E-state index is 13.4. The molecule has 1 aromatic carbocycles. The summed E-state index contributed by atoms with van der Waals surface area (Å²) in [4.78, 5) is 8.49. The van der Waals surface area contributed by atoms with Gasteiger partial charge in [-0.05, 0) is 62.1 Å². The highest BCUT2D eigenvalue weighted by molar-refractivity contribution is 6.34. The van der Waals surface area contributed by atoms with Crippen molar-refractivity contribution >= 4 is 23.2 Å². The van der Waals surface area contributed by atoms with Crippen LogP contribution >= 0.6 is 23.2 Å². The van der Waals surface area contributed by atoms with E-state index in [1.807, 2.05) is 6.08 Å². The third-order valence-electron chi connectivity index (χ3n) is 5.35. The fraction of sp³-hybridized carbons (Fsp3) is 0.429. The van der Waals surface area contributed by atoms with Gasteiger partial charge in [-0.2, -0.15) is 0 Å². The summed E-state index contributed by atoms with van der Waals surface area (Å²) in [6.07, 6.45) is 9.72. The predicted molar refractivity (Wildman–Crippen MR) is 106 cm³/mol. The van der Waals surface area contributed by atoms with Crippen molar-refractivity contribution in [2.75, 3.05) is 0 Å². The zero-order valence-corrected chi connectivity index (χ0v) is 16.5. The van der Waals surface area contributed by atoms with Crippen LogP contribution in [0.4, 0.5) is 8.78 Å². The van der Waals surface area contributed by atoms with Gasteiger partial charge in [0.15, 0.2) is 17.5 Å². The van der Waals surface area contributed by atoms with Crippen LogP contribution in [0.1, 0.15) is 44.1 Å². The first kappa shape index (κ1) is 20.2. The molecule has 144 valence electrons. The van der Waals surface area contributed by atoms with Crippen molar-refractivity contribution in [2.45, 2.75) is 44.9 Å². The molecule has 0 N–H and O–H groups in total. The van der Waals surface area contributed by atoms with Gasteiger partial charge in [-0.25, -0.2) is 18.7 Å². The maximum atomic E-state index is 13.4. The van der Waals surface area contributed by atoms with E-state index in [1.54, 1.807) is 0 Å². The molecule has 27 heavy (non-hydrogen) atoms. The van der Waals surface area contributed by atoms with Crippen LogP contribution in [0.3, 0.4) is 0 Å². The molecule has 0 saturated heterocycles. The first-order valence-electron chi connectivity index (χ1n) is 9.26. The highest BCUT2D eigenvalue weighted by Crippen LogP contribution is 2.35. The molecule has 3 rings (SSSR count). The number of benzene rings is 1. The van der Waals surface area contributed by atoms with Crippen LogP contribution in [0.25, 0.3) is 11.4 Å². The second kappa shape index (κ2) is 9.11. The molecule has 2 nitrogen and oxygen atoms in total. The molecule has 6 heteroatoms. The van der Waals surface area contributed by atoms with Gasteiger partial charge in [0.25, 0.3) is 0 Å². The lowest BCUT2D eigenvalue weighted by atomic mass is 9.78. The summed E-state index contributed by atoms with van der Waals surface area (Å²) >= 11 is 12.6. The average molecular weight is 411 g/mol. The number of hydrogen-bond donors (Lipinski definition) is 0. The minimum absolute atomic E-state index is 0.192. The number of nitrogens with zero attached hydrogens (tertiary/aromatic N) is 2. The number of allylic oxidation sites excluding steroid dienone is 1. The third-order valence-corrected chi connectivity index (χ3v) is 5.98. The molecule has 0 unspecified atom stereocenters. The van der Waals surface area contributed by atoms with Gasteiger partial charge in [-0.3, -0.25) is 0 Å². The molecule has 1 aromatic heterocycles. The van der Waals surface area contributed by atoms with Crippen molar-refractivity contribution < 1.29 is 8.78 Å². The Balaban J connectivity index is 1.67. The fourth-order valence-electron chi connectivity index (χ4n) is 3.74. The van der Waals surface area contributed by atoms with Gasteiger partial charge in [0.1, 0.15) is 10.3 Å². The first-order valence-corrected chi connectivity index (χ1v) is 10.0. The minimum Gasteiger partial charge on any atom is -0.216 e. The summed E-state index contributed by atoms with van der Waals surface area (Å²) in [5.74, 6) is -0.263. The number of halogens is 4. The Labute approximate surface area is 168 Å². The zero-order chi connectivity index (χ0) is 19.4. The summed E-state index contributed by atoms with van der Waals surface area (Å²) in [6.45, 7) is 3.82. The Morgan fingerprint density at radius 3 is 2.22 bits per heavy atom. The summed E-state index contributed by atoms with van der Waals surface area (Å²) in [5, 5.41) is 0.546. The van der Waals surface area contributed by atoms with Gasteiger partial charge in [-0.1, -0.05) is 42.1 Å². The number of hydrogen-bond acceptors (Lipinski definition) is 2. The molecule has 0 bridgehead atoms. The lowest BCUT2D eigenvalue weighted by molar-refractivity contribution is 0.265. The van der Waals surface area contributed by atoms with Crippen LogP contribution in [0, 0.1) is 23.5 Å². The predicted octanol–water partition coefficient (Wildman–Crippen LogP) is 7.04. The fourth-order valence-corrected chi connectivity index (χ4v) is 4.32. The van der Waals surface area contributed by atoms with E-state index in [0.29, 0.717) is 17.9 Å². The van der Waals surface area contributed by atoms with Crippen molar-refractivity contribution in [2.24, 2.45) is 11.8 Å². The van der Waals surface area contributed by atoms with E-state index in [0.717, 1.165) is 36.5 Å². The first-order chi connectivity index (χ1) is 13.0. The van der Waals surface area contributed by atoms with Crippen molar-refractivity contribution in [1.29, 1.82) is 0 Å². The maximum Gasteiger partial charge on any atom is 0.162 e. The molecule has 2 aromatic rings. The summed E-state index contributed by atoms with van der Waals surface area (Å²) in [6, 6.07) is 3.48. The summed E-state index contributed by atoms with van der Waals surface area (Å²) in [5.41, 5.74) is 1.06. The van der Waals surface area contributed by atoms with Crippen LogP contribution < -0.4 is 0 Å². The molecule has 1 aliphatic rings. The van der Waals surface area contributed by atoms with Crippen molar-refractivity contribution in [3.8, 4) is 11.4 Å². The van der Waals surface area contributed by atoms with Crippen molar-refractivity contribution in [1.82, 2.24) is 9.97 Å². The monoisotopic (exact) mass is 410 g/mol. The van der Waals surface area contributed by atoms with Gasteiger partial charge < -0.3 is 0 Å². The van der Waals surface area contributed by atoms with Crippen LogP contribution in [-0.2, 0) is 6.42 Å². The highest BCUT2D eigenvalue weighted by atomic mass is 35.5. The Bertz CT molecular complexity index is 795. The topological polar surface area (TPSA) is 25.8 Å². The van der Waals surface area contributed by atoms with E-state index in [9.17, 15) is 8.78 Å². The van der Waals surface area contributed by atoms with Gasteiger partial charge in [0.05, 0.1) is 0 Å². The van der Waals surface area contributed by atoms with Gasteiger partial charge >= 0.3 is 0 Å². The van der Waals surface area contributed by atoms with E-state index in [-0.39, 0.29) is 16.1 Å². The standard InChI is InChI=1S/C21H22Cl2F2N2/c1-2-3-13-4-6-14(7-5-13)8-10-16-19(22)26-21(27-20(16)23)15-9-11-17(24)18(25)12-15/h2,9,11-14H,1,3-8,10H2/t13-,14-. The largest absolute Gasteiger partial charge is 0.216 e. The van der Waals surface area contributed by atoms with Crippen LogP contribution in [0.15, 0.2) is 30.9 Å². The highest BCUT2D eigenvalue weighted by Gasteiger charge is 2.21. The van der Waals surface area contributed by atoms with Crippen LogP contribution in [0.5, 0.6) is 0 Å². The molecular formula is C21H22Cl2F2N2. The van der Waals surface area contributed by atoms with Crippen LogP contribution in [0.2, 0.25) is 10.3 Å². The normalized spacial score (nSPS) is 19.9. The Hall–Kier alpha value is -1.52. The molecule has 0 atom stereocenters. The smallest absolute Gasteiger partial charge is 0.162 e. The number of aromatic nitrogens is 2. The molecule has 1 aliphatic carbocycles. The van der Waals surface area contributed by atoms with Gasteiger partial charge in [-0.15, -0.1) is 6.58 Å². The van der Waals surface area contributed by atoms with Gasteiger partial charge in [0.2, 0.25) is 0 Å². The minimum atomic E-state index is -0.959. The average Bonchev–Trinajstić information content (AvgIpc) is 2.64. The molecule has 0 amide bonds. The van der Waals surface area contributed by atoms with Gasteiger partial charge in [0, 0.05) is 11.1 Å². The second-order valence-corrected chi connectivity index (χ2v) is 7.90.